The van der Waals surface area contributed by atoms with Crippen molar-refractivity contribution in [3.8, 4) is 18.2 Å². The minimum absolute atomic E-state index is 0.0601. The number of hydrogen-bond donors (Lipinski definition) is 1. The molecule has 2 rings (SSSR count). The Morgan fingerprint density at radius 3 is 1.91 bits per heavy atom. The number of aromatic nitrogens is 1. The first-order valence-electron chi connectivity index (χ1n) is 6.66. The summed E-state index contributed by atoms with van der Waals surface area (Å²) >= 11 is 0. The van der Waals surface area contributed by atoms with Gasteiger partial charge in [0.05, 0.1) is 0 Å². The lowest BCUT2D eigenvalue weighted by Gasteiger charge is -2.04. The lowest BCUT2D eigenvalue weighted by molar-refractivity contribution is 1.32. The van der Waals surface area contributed by atoms with Crippen LogP contribution in [0.4, 0.5) is 5.69 Å². The van der Waals surface area contributed by atoms with Gasteiger partial charge in [-0.15, -0.1) is 0 Å². The molecule has 1 heterocycles. The minimum Gasteiger partial charge on any atom is -0.345 e. The normalized spacial score (nSPS) is 9.43. The van der Waals surface area contributed by atoms with E-state index in [0.29, 0.717) is 5.69 Å². The Kier molecular flexibility index (Phi) is 5.25. The van der Waals surface area contributed by atoms with E-state index >= 15 is 0 Å². The molecule has 0 aliphatic rings. The number of nitrogens with one attached hydrogen (secondary N) is 1. The Balaban J connectivity index is 2.13. The van der Waals surface area contributed by atoms with Gasteiger partial charge in [-0.05, 0) is 35.4 Å². The van der Waals surface area contributed by atoms with Crippen LogP contribution in [-0.2, 0) is 0 Å². The Labute approximate surface area is 134 Å². The van der Waals surface area contributed by atoms with E-state index in [1.165, 1.54) is 0 Å². The highest BCUT2D eigenvalue weighted by Crippen LogP contribution is 2.15. The monoisotopic (exact) mass is 297 g/mol. The van der Waals surface area contributed by atoms with Gasteiger partial charge in [0.2, 0.25) is 0 Å². The van der Waals surface area contributed by atoms with Crippen molar-refractivity contribution in [3.63, 3.8) is 0 Å². The lowest BCUT2D eigenvalue weighted by Crippen LogP contribution is -2.00. The molecule has 0 amide bonds. The maximum absolute atomic E-state index is 9.00. The molecule has 108 valence electrons. The summed E-state index contributed by atoms with van der Waals surface area (Å²) < 4.78 is 0. The molecule has 1 aromatic carbocycles. The maximum atomic E-state index is 9.00. The number of rotatable bonds is 4. The molecule has 0 aliphatic heterocycles. The fourth-order valence-electron chi connectivity index (χ4n) is 1.77. The molecule has 0 bridgehead atoms. The Morgan fingerprint density at radius 1 is 0.826 bits per heavy atom. The molecule has 0 unspecified atom stereocenters. The number of pyridine rings is 1. The fourth-order valence-corrected chi connectivity index (χ4v) is 1.77. The highest BCUT2D eigenvalue weighted by molar-refractivity contribution is 5.70. The van der Waals surface area contributed by atoms with Crippen LogP contribution in [-0.4, -0.2) is 4.98 Å². The summed E-state index contributed by atoms with van der Waals surface area (Å²) in [6, 6.07) is 16.3. The molecule has 0 radical (unpaired) electrons. The number of anilines is 1. The molecular formula is C18H11N5. The summed E-state index contributed by atoms with van der Waals surface area (Å²) in [7, 11) is 0. The third kappa shape index (κ3) is 4.29. The SMILES string of the molecule is N#CC(C#N)=C(C#N)Nc1ccc(C=Cc2ccncc2)cc1. The first-order chi connectivity index (χ1) is 11.3. The van der Waals surface area contributed by atoms with Crippen LogP contribution in [0.2, 0.25) is 0 Å². The zero-order chi connectivity index (χ0) is 16.5. The molecule has 0 saturated carbocycles. The average molecular weight is 297 g/mol. The van der Waals surface area contributed by atoms with Gasteiger partial charge < -0.3 is 5.32 Å². The van der Waals surface area contributed by atoms with E-state index in [9.17, 15) is 0 Å². The maximum Gasteiger partial charge on any atom is 0.163 e. The second-order valence-corrected chi connectivity index (χ2v) is 4.45. The second kappa shape index (κ2) is 7.78. The molecule has 0 spiro atoms. The smallest absolute Gasteiger partial charge is 0.163 e. The van der Waals surface area contributed by atoms with Crippen molar-refractivity contribution in [1.29, 1.82) is 15.8 Å². The molecular weight excluding hydrogens is 286 g/mol. The zero-order valence-electron chi connectivity index (χ0n) is 12.1. The molecule has 0 aliphatic carbocycles. The molecule has 5 nitrogen and oxygen atoms in total. The number of hydrogen-bond acceptors (Lipinski definition) is 5. The third-order valence-corrected chi connectivity index (χ3v) is 2.94. The fraction of sp³-hybridized carbons (Fsp3) is 0. The zero-order valence-corrected chi connectivity index (χ0v) is 12.1. The number of nitriles is 3. The molecule has 1 aromatic heterocycles. The van der Waals surface area contributed by atoms with Gasteiger partial charge in [-0.2, -0.15) is 15.8 Å². The summed E-state index contributed by atoms with van der Waals surface area (Å²) in [5.41, 5.74) is 2.36. The van der Waals surface area contributed by atoms with Crippen molar-refractivity contribution in [2.75, 3.05) is 5.32 Å². The van der Waals surface area contributed by atoms with Crippen LogP contribution in [0.5, 0.6) is 0 Å². The van der Waals surface area contributed by atoms with Gasteiger partial charge in [-0.25, -0.2) is 0 Å². The van der Waals surface area contributed by atoms with Gasteiger partial charge in [0, 0.05) is 18.1 Å². The van der Waals surface area contributed by atoms with Gasteiger partial charge in [0.15, 0.2) is 5.57 Å². The number of benzene rings is 1. The second-order valence-electron chi connectivity index (χ2n) is 4.45. The standard InChI is InChI=1S/C18H11N5/c19-11-16(12-20)18(13-21)23-17-5-3-14(4-6-17)1-2-15-7-9-22-10-8-15/h1-10,23H. The van der Waals surface area contributed by atoms with E-state index in [2.05, 4.69) is 10.3 Å². The number of allylic oxidation sites excluding steroid dienone is 2. The average Bonchev–Trinajstić information content (AvgIpc) is 2.62. The van der Waals surface area contributed by atoms with E-state index in [-0.39, 0.29) is 11.3 Å². The molecule has 0 atom stereocenters. The quantitative estimate of drug-likeness (QED) is 0.871. The van der Waals surface area contributed by atoms with Crippen LogP contribution in [0.25, 0.3) is 12.2 Å². The van der Waals surface area contributed by atoms with Crippen LogP contribution >= 0.6 is 0 Å². The molecule has 5 heteroatoms. The van der Waals surface area contributed by atoms with E-state index in [1.807, 2.05) is 42.5 Å². The summed E-state index contributed by atoms with van der Waals surface area (Å²) in [6.07, 6.45) is 7.37. The first kappa shape index (κ1) is 15.5. The van der Waals surface area contributed by atoms with E-state index in [0.717, 1.165) is 11.1 Å². The van der Waals surface area contributed by atoms with Crippen LogP contribution in [0, 0.1) is 34.0 Å². The Morgan fingerprint density at radius 2 is 1.39 bits per heavy atom. The van der Waals surface area contributed by atoms with Gasteiger partial charge >= 0.3 is 0 Å². The van der Waals surface area contributed by atoms with Crippen molar-refractivity contribution in [1.82, 2.24) is 4.98 Å². The molecule has 23 heavy (non-hydrogen) atoms. The topological polar surface area (TPSA) is 96.3 Å². The van der Waals surface area contributed by atoms with Crippen LogP contribution in [0.15, 0.2) is 60.1 Å². The molecule has 0 saturated heterocycles. The van der Waals surface area contributed by atoms with E-state index in [1.54, 1.807) is 36.7 Å². The minimum atomic E-state index is -0.242. The molecule has 0 fully saturated rings. The van der Waals surface area contributed by atoms with Crippen LogP contribution in [0.3, 0.4) is 0 Å². The Bertz CT molecular complexity index is 841. The van der Waals surface area contributed by atoms with Crippen molar-refractivity contribution in [3.05, 3.63) is 71.2 Å². The van der Waals surface area contributed by atoms with Crippen molar-refractivity contribution in [2.24, 2.45) is 0 Å². The van der Waals surface area contributed by atoms with E-state index < -0.39 is 0 Å². The number of nitrogens with zero attached hydrogens (tertiary/aromatic N) is 4. The predicted molar refractivity (Wildman–Crippen MR) is 87.1 cm³/mol. The first-order valence-corrected chi connectivity index (χ1v) is 6.66. The summed E-state index contributed by atoms with van der Waals surface area (Å²) in [5, 5.41) is 29.4. The summed E-state index contributed by atoms with van der Waals surface area (Å²) in [5.74, 6) is 0. The molecule has 2 aromatic rings. The van der Waals surface area contributed by atoms with Gasteiger partial charge in [-0.3, -0.25) is 4.98 Å². The van der Waals surface area contributed by atoms with Crippen molar-refractivity contribution in [2.45, 2.75) is 0 Å². The van der Waals surface area contributed by atoms with E-state index in [4.69, 9.17) is 15.8 Å². The molecule has 1 N–H and O–H groups in total. The van der Waals surface area contributed by atoms with Crippen LogP contribution in [0.1, 0.15) is 11.1 Å². The summed E-state index contributed by atoms with van der Waals surface area (Å²) in [4.78, 5) is 3.96. The lowest BCUT2D eigenvalue weighted by atomic mass is 10.1. The largest absolute Gasteiger partial charge is 0.345 e. The van der Waals surface area contributed by atoms with Crippen molar-refractivity contribution < 1.29 is 0 Å². The van der Waals surface area contributed by atoms with Crippen LogP contribution < -0.4 is 5.32 Å². The van der Waals surface area contributed by atoms with Crippen molar-refractivity contribution >= 4 is 17.8 Å². The summed E-state index contributed by atoms with van der Waals surface area (Å²) in [6.45, 7) is 0. The van der Waals surface area contributed by atoms with Gasteiger partial charge in [-0.1, -0.05) is 24.3 Å². The predicted octanol–water partition coefficient (Wildman–Crippen LogP) is 3.49. The third-order valence-electron chi connectivity index (χ3n) is 2.94. The van der Waals surface area contributed by atoms with Gasteiger partial charge in [0.1, 0.15) is 23.9 Å². The highest BCUT2D eigenvalue weighted by atomic mass is 14.9. The Hall–Kier alpha value is -3.88. The van der Waals surface area contributed by atoms with Gasteiger partial charge in [0.25, 0.3) is 0 Å². The highest BCUT2D eigenvalue weighted by Gasteiger charge is 2.05.